The summed E-state index contributed by atoms with van der Waals surface area (Å²) in [7, 11) is -2.53. The predicted molar refractivity (Wildman–Crippen MR) is 84.5 cm³/mol. The molecule has 0 aliphatic rings. The van der Waals surface area contributed by atoms with E-state index in [9.17, 15) is 13.2 Å². The maximum Gasteiger partial charge on any atom is 0.265 e. The van der Waals surface area contributed by atoms with E-state index in [4.69, 9.17) is 17.3 Å². The van der Waals surface area contributed by atoms with Gasteiger partial charge in [0.05, 0.1) is 11.3 Å². The molecule has 22 heavy (non-hydrogen) atoms. The number of nitrogens with two attached hydrogens (primary N) is 1. The molecule has 0 unspecified atom stereocenters. The van der Waals surface area contributed by atoms with Crippen molar-refractivity contribution < 1.29 is 13.2 Å². The number of carbonyl (C=O) groups excluding carboxylic acids is 1. The van der Waals surface area contributed by atoms with Crippen LogP contribution in [-0.4, -0.2) is 26.4 Å². The first kappa shape index (κ1) is 16.3. The van der Waals surface area contributed by atoms with E-state index < -0.39 is 15.9 Å². The Morgan fingerprint density at radius 1 is 1.32 bits per heavy atom. The van der Waals surface area contributed by atoms with Crippen LogP contribution >= 0.6 is 11.6 Å². The monoisotopic (exact) mass is 339 g/mol. The number of nitrogens with zero attached hydrogens (tertiary/aromatic N) is 2. The molecule has 0 spiro atoms. The molecule has 1 amide bonds. The molecule has 0 atom stereocenters. The van der Waals surface area contributed by atoms with Crippen LogP contribution in [0.2, 0.25) is 5.15 Å². The Kier molecular flexibility index (Phi) is 4.39. The van der Waals surface area contributed by atoms with Crippen molar-refractivity contribution in [3.63, 3.8) is 0 Å². The summed E-state index contributed by atoms with van der Waals surface area (Å²) in [6.07, 6.45) is 1.17. The number of carbonyl (C=O) groups is 1. The molecule has 0 bridgehead atoms. The number of rotatable bonds is 4. The second-order valence-corrected chi connectivity index (χ2v) is 6.96. The molecule has 2 rings (SSSR count). The van der Waals surface area contributed by atoms with Gasteiger partial charge < -0.3 is 5.73 Å². The molecule has 0 radical (unpaired) electrons. The molecule has 1 aromatic carbocycles. The van der Waals surface area contributed by atoms with E-state index in [1.54, 1.807) is 19.1 Å². The number of aromatic nitrogens is 1. The largest absolute Gasteiger partial charge is 0.366 e. The molecule has 0 aliphatic carbocycles. The topological polar surface area (TPSA) is 93.4 Å². The molecule has 2 N–H and O–H groups in total. The van der Waals surface area contributed by atoms with Crippen LogP contribution < -0.4 is 10.0 Å². The van der Waals surface area contributed by atoms with Crippen LogP contribution in [0.4, 0.5) is 5.69 Å². The van der Waals surface area contributed by atoms with E-state index in [0.717, 1.165) is 4.31 Å². The van der Waals surface area contributed by atoms with Crippen LogP contribution in [0.25, 0.3) is 0 Å². The zero-order valence-electron chi connectivity index (χ0n) is 11.9. The van der Waals surface area contributed by atoms with Crippen LogP contribution in [0, 0.1) is 6.92 Å². The van der Waals surface area contributed by atoms with Gasteiger partial charge in [-0.2, -0.15) is 0 Å². The Labute approximate surface area is 133 Å². The molecule has 2 aromatic rings. The quantitative estimate of drug-likeness (QED) is 0.862. The van der Waals surface area contributed by atoms with Gasteiger partial charge in [-0.1, -0.05) is 23.7 Å². The number of hydrogen-bond acceptors (Lipinski definition) is 4. The van der Waals surface area contributed by atoms with Gasteiger partial charge in [0.2, 0.25) is 0 Å². The van der Waals surface area contributed by atoms with Gasteiger partial charge in [0.25, 0.3) is 15.9 Å². The molecule has 1 heterocycles. The van der Waals surface area contributed by atoms with Gasteiger partial charge in [0, 0.05) is 13.2 Å². The first-order valence-corrected chi connectivity index (χ1v) is 8.07. The Morgan fingerprint density at radius 3 is 2.55 bits per heavy atom. The maximum atomic E-state index is 12.7. The zero-order valence-corrected chi connectivity index (χ0v) is 13.5. The van der Waals surface area contributed by atoms with Crippen molar-refractivity contribution in [1.29, 1.82) is 0 Å². The Morgan fingerprint density at radius 2 is 1.95 bits per heavy atom. The first-order chi connectivity index (χ1) is 10.2. The lowest BCUT2D eigenvalue weighted by atomic mass is 10.2. The second kappa shape index (κ2) is 5.94. The van der Waals surface area contributed by atoms with Crippen molar-refractivity contribution in [1.82, 2.24) is 4.98 Å². The molecule has 8 heteroatoms. The van der Waals surface area contributed by atoms with Crippen molar-refractivity contribution >= 4 is 33.2 Å². The van der Waals surface area contributed by atoms with Gasteiger partial charge in [0.1, 0.15) is 10.0 Å². The summed E-state index contributed by atoms with van der Waals surface area (Å²) in [5.74, 6) is -0.705. The van der Waals surface area contributed by atoms with Crippen molar-refractivity contribution in [2.75, 3.05) is 11.4 Å². The number of para-hydroxylation sites is 1. The minimum atomic E-state index is -3.88. The molecular weight excluding hydrogens is 326 g/mol. The summed E-state index contributed by atoms with van der Waals surface area (Å²) in [5.41, 5.74) is 6.14. The molecule has 0 fully saturated rings. The summed E-state index contributed by atoms with van der Waals surface area (Å²) < 4.78 is 26.3. The van der Waals surface area contributed by atoms with Gasteiger partial charge >= 0.3 is 0 Å². The van der Waals surface area contributed by atoms with E-state index >= 15 is 0 Å². The summed E-state index contributed by atoms with van der Waals surface area (Å²) >= 11 is 5.81. The lowest BCUT2D eigenvalue weighted by Gasteiger charge is -2.21. The summed E-state index contributed by atoms with van der Waals surface area (Å²) in [5, 5.41) is 0.235. The van der Waals surface area contributed by atoms with Crippen molar-refractivity contribution in [3.8, 4) is 0 Å². The van der Waals surface area contributed by atoms with Crippen LogP contribution in [0.3, 0.4) is 0 Å². The zero-order chi connectivity index (χ0) is 16.5. The minimum Gasteiger partial charge on any atom is -0.366 e. The fourth-order valence-corrected chi connectivity index (χ4v) is 3.27. The van der Waals surface area contributed by atoms with Crippen LogP contribution in [-0.2, 0) is 10.0 Å². The average molecular weight is 340 g/mol. The maximum absolute atomic E-state index is 12.7. The molecule has 0 aliphatic heterocycles. The normalized spacial score (nSPS) is 11.2. The number of amides is 1. The van der Waals surface area contributed by atoms with Crippen LogP contribution in [0.1, 0.15) is 15.9 Å². The lowest BCUT2D eigenvalue weighted by molar-refractivity contribution is 0.100. The van der Waals surface area contributed by atoms with Crippen molar-refractivity contribution in [2.45, 2.75) is 11.8 Å². The van der Waals surface area contributed by atoms with Gasteiger partial charge in [-0.25, -0.2) is 13.4 Å². The number of halogens is 1. The minimum absolute atomic E-state index is 0.0174. The van der Waals surface area contributed by atoms with Gasteiger partial charge in [-0.05, 0) is 30.7 Å². The Hall–Kier alpha value is -2.12. The van der Waals surface area contributed by atoms with E-state index in [1.807, 2.05) is 0 Å². The fourth-order valence-electron chi connectivity index (χ4n) is 1.92. The van der Waals surface area contributed by atoms with Crippen LogP contribution in [0.5, 0.6) is 0 Å². The smallest absolute Gasteiger partial charge is 0.265 e. The number of anilines is 1. The summed E-state index contributed by atoms with van der Waals surface area (Å²) in [6, 6.07) is 7.63. The summed E-state index contributed by atoms with van der Waals surface area (Å²) in [6.45, 7) is 1.66. The Balaban J connectivity index is 2.54. The third-order valence-corrected chi connectivity index (χ3v) is 5.29. The molecule has 0 saturated carbocycles. The van der Waals surface area contributed by atoms with E-state index in [2.05, 4.69) is 4.98 Å². The third-order valence-electron chi connectivity index (χ3n) is 3.16. The number of hydrogen-bond donors (Lipinski definition) is 1. The number of sulfonamides is 1. The highest BCUT2D eigenvalue weighted by atomic mass is 35.5. The van der Waals surface area contributed by atoms with Gasteiger partial charge in [0.15, 0.2) is 0 Å². The Bertz CT molecular complexity index is 837. The van der Waals surface area contributed by atoms with Crippen molar-refractivity contribution in [3.05, 3.63) is 52.8 Å². The molecule has 116 valence electrons. The number of benzene rings is 1. The third kappa shape index (κ3) is 2.90. The summed E-state index contributed by atoms with van der Waals surface area (Å²) in [4.78, 5) is 15.3. The SMILES string of the molecule is Cc1cc(S(=O)(=O)N(C)c2ccccc2C(N)=O)cnc1Cl. The highest BCUT2D eigenvalue weighted by Gasteiger charge is 2.25. The van der Waals surface area contributed by atoms with Gasteiger partial charge in [-0.3, -0.25) is 9.10 Å². The fraction of sp³-hybridized carbons (Fsp3) is 0.143. The standard InChI is InChI=1S/C14H14ClN3O3S/c1-9-7-10(8-17-13(9)15)22(20,21)18(2)12-6-4-3-5-11(12)14(16)19/h3-8H,1-2H3,(H2,16,19). The second-order valence-electron chi connectivity index (χ2n) is 4.63. The molecule has 0 saturated heterocycles. The first-order valence-electron chi connectivity index (χ1n) is 6.25. The average Bonchev–Trinajstić information content (AvgIpc) is 2.49. The van der Waals surface area contributed by atoms with Crippen LogP contribution in [0.15, 0.2) is 41.4 Å². The predicted octanol–water partition coefficient (Wildman–Crippen LogP) is 1.97. The van der Waals surface area contributed by atoms with E-state index in [1.165, 1.54) is 31.4 Å². The number of primary amides is 1. The number of aryl methyl sites for hydroxylation is 1. The van der Waals surface area contributed by atoms with Crippen molar-refractivity contribution in [2.24, 2.45) is 5.73 Å². The molecular formula is C14H14ClN3O3S. The van der Waals surface area contributed by atoms with E-state index in [0.29, 0.717) is 5.56 Å². The molecule has 6 nitrogen and oxygen atoms in total. The highest BCUT2D eigenvalue weighted by Crippen LogP contribution is 2.26. The lowest BCUT2D eigenvalue weighted by Crippen LogP contribution is -2.29. The van der Waals surface area contributed by atoms with E-state index in [-0.39, 0.29) is 21.3 Å². The highest BCUT2D eigenvalue weighted by molar-refractivity contribution is 7.92. The number of pyridine rings is 1. The molecule has 1 aromatic heterocycles. The van der Waals surface area contributed by atoms with Gasteiger partial charge in [-0.15, -0.1) is 0 Å².